The number of benzene rings is 1. The molecule has 0 aliphatic rings. The van der Waals surface area contributed by atoms with Gasteiger partial charge in [0.15, 0.2) is 5.78 Å². The first-order valence-corrected chi connectivity index (χ1v) is 5.12. The molecule has 1 aromatic heterocycles. The van der Waals surface area contributed by atoms with Gasteiger partial charge in [-0.1, -0.05) is 6.07 Å². The van der Waals surface area contributed by atoms with Crippen LogP contribution in [0.3, 0.4) is 0 Å². The van der Waals surface area contributed by atoms with Crippen LogP contribution in [0.25, 0.3) is 0 Å². The average molecular weight is 250 g/mol. The van der Waals surface area contributed by atoms with E-state index in [9.17, 15) is 18.4 Å². The number of halogens is 2. The Morgan fingerprint density at radius 3 is 2.56 bits per heavy atom. The zero-order valence-electron chi connectivity index (χ0n) is 9.15. The maximum atomic E-state index is 13.3. The summed E-state index contributed by atoms with van der Waals surface area (Å²) in [6.07, 6.45) is 0.798. The molecule has 0 unspecified atom stereocenters. The van der Waals surface area contributed by atoms with Crippen molar-refractivity contribution in [3.8, 4) is 0 Å². The lowest BCUT2D eigenvalue weighted by atomic mass is 10.0. The van der Waals surface area contributed by atoms with E-state index in [2.05, 4.69) is 4.42 Å². The highest BCUT2D eigenvalue weighted by Crippen LogP contribution is 2.12. The Morgan fingerprint density at radius 2 is 1.94 bits per heavy atom. The van der Waals surface area contributed by atoms with Crippen molar-refractivity contribution in [2.24, 2.45) is 0 Å². The molecule has 18 heavy (non-hydrogen) atoms. The van der Waals surface area contributed by atoms with Crippen LogP contribution in [0, 0.1) is 11.6 Å². The van der Waals surface area contributed by atoms with Crippen molar-refractivity contribution in [2.75, 3.05) is 0 Å². The van der Waals surface area contributed by atoms with Crippen LogP contribution >= 0.6 is 0 Å². The van der Waals surface area contributed by atoms with Gasteiger partial charge >= 0.3 is 5.63 Å². The standard InChI is InChI=1S/C13H8F2O3/c14-10-3-1-8(11(15)6-10)5-12(16)9-2-4-13(17)18-7-9/h1-4,6-7H,5H2. The molecule has 0 amide bonds. The van der Waals surface area contributed by atoms with Gasteiger partial charge in [-0.05, 0) is 17.7 Å². The summed E-state index contributed by atoms with van der Waals surface area (Å²) in [6.45, 7) is 0. The van der Waals surface area contributed by atoms with Crippen molar-refractivity contribution in [1.82, 2.24) is 0 Å². The van der Waals surface area contributed by atoms with E-state index in [0.29, 0.717) is 6.07 Å². The lowest BCUT2D eigenvalue weighted by molar-refractivity contribution is 0.0989. The smallest absolute Gasteiger partial charge is 0.335 e. The summed E-state index contributed by atoms with van der Waals surface area (Å²) in [7, 11) is 0. The van der Waals surface area contributed by atoms with Crippen LogP contribution < -0.4 is 5.63 Å². The van der Waals surface area contributed by atoms with Gasteiger partial charge in [-0.15, -0.1) is 0 Å². The van der Waals surface area contributed by atoms with Gasteiger partial charge < -0.3 is 4.42 Å². The number of ketones is 1. The van der Waals surface area contributed by atoms with E-state index < -0.39 is 23.0 Å². The van der Waals surface area contributed by atoms with E-state index >= 15 is 0 Å². The van der Waals surface area contributed by atoms with Gasteiger partial charge in [0.1, 0.15) is 17.9 Å². The Balaban J connectivity index is 2.21. The minimum atomic E-state index is -0.777. The minimum absolute atomic E-state index is 0.0904. The van der Waals surface area contributed by atoms with Crippen molar-refractivity contribution in [3.63, 3.8) is 0 Å². The van der Waals surface area contributed by atoms with Crippen molar-refractivity contribution < 1.29 is 18.0 Å². The molecule has 3 nitrogen and oxygen atoms in total. The fraction of sp³-hybridized carbons (Fsp3) is 0.0769. The van der Waals surface area contributed by atoms with Crippen LogP contribution in [0.1, 0.15) is 15.9 Å². The lowest BCUT2D eigenvalue weighted by Crippen LogP contribution is -2.07. The van der Waals surface area contributed by atoms with E-state index in [1.807, 2.05) is 0 Å². The SMILES string of the molecule is O=C(Cc1ccc(F)cc1F)c1ccc(=O)oc1. The van der Waals surface area contributed by atoms with Crippen molar-refractivity contribution in [2.45, 2.75) is 6.42 Å². The normalized spacial score (nSPS) is 10.3. The quantitative estimate of drug-likeness (QED) is 0.785. The fourth-order valence-corrected chi connectivity index (χ4v) is 1.46. The first kappa shape index (κ1) is 12.2. The Labute approximate surface area is 101 Å². The highest BCUT2D eigenvalue weighted by atomic mass is 19.1. The highest BCUT2D eigenvalue weighted by Gasteiger charge is 2.11. The average Bonchev–Trinajstić information content (AvgIpc) is 2.33. The molecule has 0 spiro atoms. The van der Waals surface area contributed by atoms with Crippen LogP contribution in [-0.2, 0) is 6.42 Å². The number of Topliss-reactive ketones (excluding diaryl/α,β-unsaturated/α-hetero) is 1. The van der Waals surface area contributed by atoms with Crippen LogP contribution in [0.15, 0.2) is 45.8 Å². The van der Waals surface area contributed by atoms with E-state index in [0.717, 1.165) is 18.4 Å². The molecular formula is C13H8F2O3. The van der Waals surface area contributed by atoms with E-state index in [-0.39, 0.29) is 17.5 Å². The molecule has 5 heteroatoms. The van der Waals surface area contributed by atoms with Gasteiger partial charge in [0.2, 0.25) is 0 Å². The molecule has 92 valence electrons. The first-order chi connectivity index (χ1) is 8.56. The summed E-state index contributed by atoms with van der Waals surface area (Å²) in [6, 6.07) is 5.41. The van der Waals surface area contributed by atoms with Crippen LogP contribution in [-0.4, -0.2) is 5.78 Å². The Kier molecular flexibility index (Phi) is 3.32. The summed E-state index contributed by atoms with van der Waals surface area (Å²) < 4.78 is 30.5. The summed E-state index contributed by atoms with van der Waals surface area (Å²) in [4.78, 5) is 22.5. The number of rotatable bonds is 3. The lowest BCUT2D eigenvalue weighted by Gasteiger charge is -2.02. The van der Waals surface area contributed by atoms with Gasteiger partial charge in [0, 0.05) is 18.6 Å². The zero-order chi connectivity index (χ0) is 13.1. The fourth-order valence-electron chi connectivity index (χ4n) is 1.46. The van der Waals surface area contributed by atoms with Crippen molar-refractivity contribution in [3.05, 3.63) is 69.8 Å². The summed E-state index contributed by atoms with van der Waals surface area (Å²) >= 11 is 0. The topological polar surface area (TPSA) is 47.3 Å². The second-order valence-corrected chi connectivity index (χ2v) is 3.68. The van der Waals surface area contributed by atoms with E-state index in [1.54, 1.807) is 0 Å². The molecule has 0 aliphatic carbocycles. The Bertz CT molecular complexity index is 626. The summed E-state index contributed by atoms with van der Waals surface area (Å²) in [5.74, 6) is -1.89. The van der Waals surface area contributed by atoms with Crippen molar-refractivity contribution in [1.29, 1.82) is 0 Å². The van der Waals surface area contributed by atoms with Gasteiger partial charge in [-0.3, -0.25) is 4.79 Å². The number of hydrogen-bond acceptors (Lipinski definition) is 3. The van der Waals surface area contributed by atoms with Gasteiger partial charge in [-0.25, -0.2) is 13.6 Å². The molecule has 0 bridgehead atoms. The Morgan fingerprint density at radius 1 is 1.17 bits per heavy atom. The Hall–Kier alpha value is -2.30. The van der Waals surface area contributed by atoms with Gasteiger partial charge in [-0.2, -0.15) is 0 Å². The second-order valence-electron chi connectivity index (χ2n) is 3.68. The minimum Gasteiger partial charge on any atom is -0.431 e. The molecule has 0 N–H and O–H groups in total. The molecule has 1 aromatic carbocycles. The highest BCUT2D eigenvalue weighted by molar-refractivity contribution is 5.97. The number of hydrogen-bond donors (Lipinski definition) is 0. The molecule has 2 rings (SSSR count). The molecule has 0 saturated heterocycles. The summed E-state index contributed by atoms with van der Waals surface area (Å²) in [5, 5.41) is 0. The zero-order valence-corrected chi connectivity index (χ0v) is 9.15. The third-order valence-electron chi connectivity index (χ3n) is 2.39. The largest absolute Gasteiger partial charge is 0.431 e. The third kappa shape index (κ3) is 2.68. The maximum Gasteiger partial charge on any atom is 0.335 e. The molecule has 0 radical (unpaired) electrons. The molecule has 0 saturated carbocycles. The molecule has 2 aromatic rings. The predicted octanol–water partition coefficient (Wildman–Crippen LogP) is 2.34. The van der Waals surface area contributed by atoms with Crippen LogP contribution in [0.4, 0.5) is 8.78 Å². The molecule has 0 aliphatic heterocycles. The molecule has 1 heterocycles. The third-order valence-corrected chi connectivity index (χ3v) is 2.39. The van der Waals surface area contributed by atoms with E-state index in [1.165, 1.54) is 12.1 Å². The first-order valence-electron chi connectivity index (χ1n) is 5.12. The van der Waals surface area contributed by atoms with E-state index in [4.69, 9.17) is 0 Å². The summed E-state index contributed by atoms with van der Waals surface area (Å²) in [5.41, 5.74) is -0.314. The van der Waals surface area contributed by atoms with Gasteiger partial charge in [0.05, 0.1) is 5.56 Å². The van der Waals surface area contributed by atoms with Crippen LogP contribution in [0.5, 0.6) is 0 Å². The van der Waals surface area contributed by atoms with Crippen LogP contribution in [0.2, 0.25) is 0 Å². The second kappa shape index (κ2) is 4.91. The monoisotopic (exact) mass is 250 g/mol. The molecule has 0 fully saturated rings. The predicted molar refractivity (Wildman–Crippen MR) is 59.4 cm³/mol. The van der Waals surface area contributed by atoms with Gasteiger partial charge in [0.25, 0.3) is 0 Å². The molecular weight excluding hydrogens is 242 g/mol. The molecule has 0 atom stereocenters. The van der Waals surface area contributed by atoms with Crippen molar-refractivity contribution >= 4 is 5.78 Å². The number of carbonyl (C=O) groups excluding carboxylic acids is 1. The number of carbonyl (C=O) groups is 1. The maximum absolute atomic E-state index is 13.3.